The number of rotatable bonds is 5. The van der Waals surface area contributed by atoms with Gasteiger partial charge in [0.05, 0.1) is 19.3 Å². The van der Waals surface area contributed by atoms with Crippen molar-refractivity contribution >= 4 is 17.5 Å². The summed E-state index contributed by atoms with van der Waals surface area (Å²) in [5.41, 5.74) is 2.68. The maximum Gasteiger partial charge on any atom is 0.408 e. The highest BCUT2D eigenvalue weighted by Crippen LogP contribution is 2.30. The van der Waals surface area contributed by atoms with Gasteiger partial charge in [0.2, 0.25) is 11.8 Å². The number of hydrogen-bond donors (Lipinski definition) is 2. The molecule has 2 aromatic carbocycles. The smallest absolute Gasteiger partial charge is 0.378 e. The number of ether oxygens (including phenoxy) is 1. The number of anilines is 1. The summed E-state index contributed by atoms with van der Waals surface area (Å²) in [6.07, 6.45) is -5.00. The van der Waals surface area contributed by atoms with E-state index in [1.54, 1.807) is 0 Å². The zero-order valence-corrected chi connectivity index (χ0v) is 18.0. The molecule has 2 heterocycles. The number of carbonyl (C=O) groups is 2. The molecule has 9 heteroatoms. The molecule has 2 aromatic rings. The maximum atomic E-state index is 13.0. The van der Waals surface area contributed by atoms with Crippen molar-refractivity contribution in [3.63, 3.8) is 0 Å². The number of morpholine rings is 1. The number of halogens is 3. The summed E-state index contributed by atoms with van der Waals surface area (Å²) in [6.45, 7) is 2.94. The van der Waals surface area contributed by atoms with Crippen LogP contribution in [0.15, 0.2) is 54.6 Å². The van der Waals surface area contributed by atoms with Crippen LogP contribution in [0.1, 0.15) is 30.0 Å². The van der Waals surface area contributed by atoms with Gasteiger partial charge in [0.25, 0.3) is 0 Å². The molecule has 3 atom stereocenters. The van der Waals surface area contributed by atoms with Crippen molar-refractivity contribution in [3.05, 3.63) is 65.7 Å². The van der Waals surface area contributed by atoms with Crippen molar-refractivity contribution in [2.24, 2.45) is 5.92 Å². The van der Waals surface area contributed by atoms with Gasteiger partial charge in [0, 0.05) is 18.8 Å². The van der Waals surface area contributed by atoms with Gasteiger partial charge >= 0.3 is 6.18 Å². The fraction of sp³-hybridized carbons (Fsp3) is 0.417. The molecule has 2 N–H and O–H groups in total. The summed E-state index contributed by atoms with van der Waals surface area (Å²) in [4.78, 5) is 27.5. The fourth-order valence-corrected chi connectivity index (χ4v) is 4.25. The van der Waals surface area contributed by atoms with Crippen LogP contribution >= 0.6 is 0 Å². The van der Waals surface area contributed by atoms with Gasteiger partial charge in [-0.3, -0.25) is 9.59 Å². The third-order valence-corrected chi connectivity index (χ3v) is 6.11. The molecule has 0 aliphatic carbocycles. The average Bonchev–Trinajstić information content (AvgIpc) is 2.83. The molecule has 0 radical (unpaired) electrons. The second kappa shape index (κ2) is 9.82. The molecule has 2 fully saturated rings. The van der Waals surface area contributed by atoms with Crippen LogP contribution in [0.3, 0.4) is 0 Å². The Hall–Kier alpha value is -3.07. The first-order valence-electron chi connectivity index (χ1n) is 11.0. The standard InChI is InChI=1S/C24H26F3N3O3/c25-24(26,27)20-11-10-19(22(31)28-20)23(32)29-21(16-4-2-1-3-5-16)17-6-8-18(9-7-17)30-12-14-33-15-13-30/h1-9,19-21H,10-15H2,(H,28,31)(H,29,32). The summed E-state index contributed by atoms with van der Waals surface area (Å²) in [7, 11) is 0. The van der Waals surface area contributed by atoms with Crippen molar-refractivity contribution in [2.45, 2.75) is 31.1 Å². The van der Waals surface area contributed by atoms with Gasteiger partial charge in [0.1, 0.15) is 12.0 Å². The molecule has 2 amide bonds. The van der Waals surface area contributed by atoms with Crippen LogP contribution in [0.2, 0.25) is 0 Å². The van der Waals surface area contributed by atoms with E-state index in [0.717, 1.165) is 29.9 Å². The third-order valence-electron chi connectivity index (χ3n) is 6.11. The highest BCUT2D eigenvalue weighted by Gasteiger charge is 2.46. The number of nitrogens with zero attached hydrogens (tertiary/aromatic N) is 1. The lowest BCUT2D eigenvalue weighted by atomic mass is 9.91. The number of carbonyl (C=O) groups excluding carboxylic acids is 2. The zero-order valence-electron chi connectivity index (χ0n) is 18.0. The van der Waals surface area contributed by atoms with Gasteiger partial charge < -0.3 is 20.3 Å². The van der Waals surface area contributed by atoms with Crippen molar-refractivity contribution < 1.29 is 27.5 Å². The summed E-state index contributed by atoms with van der Waals surface area (Å²) in [6, 6.07) is 14.6. The van der Waals surface area contributed by atoms with Gasteiger partial charge in [-0.1, -0.05) is 42.5 Å². The van der Waals surface area contributed by atoms with Gasteiger partial charge in [-0.25, -0.2) is 0 Å². The van der Waals surface area contributed by atoms with Crippen LogP contribution in [0, 0.1) is 5.92 Å². The minimum absolute atomic E-state index is 0.153. The highest BCUT2D eigenvalue weighted by molar-refractivity contribution is 6.01. The number of alkyl halides is 3. The van der Waals surface area contributed by atoms with E-state index in [1.165, 1.54) is 0 Å². The van der Waals surface area contributed by atoms with Gasteiger partial charge in [-0.05, 0) is 36.1 Å². The van der Waals surface area contributed by atoms with Crippen molar-refractivity contribution in [1.82, 2.24) is 10.6 Å². The van der Waals surface area contributed by atoms with E-state index >= 15 is 0 Å². The largest absolute Gasteiger partial charge is 0.408 e. The number of hydrogen-bond acceptors (Lipinski definition) is 4. The van der Waals surface area contributed by atoms with E-state index in [-0.39, 0.29) is 12.8 Å². The molecule has 3 unspecified atom stereocenters. The molecule has 2 saturated heterocycles. The molecule has 0 spiro atoms. The van der Waals surface area contributed by atoms with Crippen LogP contribution in [0.4, 0.5) is 18.9 Å². The van der Waals surface area contributed by atoms with Crippen molar-refractivity contribution in [3.8, 4) is 0 Å². The van der Waals surface area contributed by atoms with Crippen LogP contribution in [-0.4, -0.2) is 50.3 Å². The predicted molar refractivity (Wildman–Crippen MR) is 117 cm³/mol. The SMILES string of the molecule is O=C(NC(c1ccccc1)c1ccc(N2CCOCC2)cc1)C1CCC(C(F)(F)F)NC1=O. The Bertz CT molecular complexity index is 960. The lowest BCUT2D eigenvalue weighted by Gasteiger charge is -2.31. The first-order valence-corrected chi connectivity index (χ1v) is 11.0. The Morgan fingerprint density at radius 1 is 1.00 bits per heavy atom. The highest BCUT2D eigenvalue weighted by atomic mass is 19.4. The molecule has 2 aliphatic heterocycles. The lowest BCUT2D eigenvalue weighted by Crippen LogP contribution is -2.54. The quantitative estimate of drug-likeness (QED) is 0.671. The molecular formula is C24H26F3N3O3. The number of piperidine rings is 1. The van der Waals surface area contributed by atoms with Gasteiger partial charge in [-0.2, -0.15) is 13.2 Å². The molecule has 176 valence electrons. The second-order valence-electron chi connectivity index (χ2n) is 8.28. The molecule has 0 saturated carbocycles. The number of nitrogens with one attached hydrogen (secondary N) is 2. The topological polar surface area (TPSA) is 70.7 Å². The predicted octanol–water partition coefficient (Wildman–Crippen LogP) is 3.19. The first-order chi connectivity index (χ1) is 15.8. The summed E-state index contributed by atoms with van der Waals surface area (Å²) in [5.74, 6) is -2.64. The van der Waals surface area contributed by atoms with Gasteiger partial charge in [-0.15, -0.1) is 0 Å². The Morgan fingerprint density at radius 2 is 1.64 bits per heavy atom. The lowest BCUT2D eigenvalue weighted by molar-refractivity contribution is -0.171. The fourth-order valence-electron chi connectivity index (χ4n) is 4.25. The molecular weight excluding hydrogens is 435 g/mol. The molecule has 2 aliphatic rings. The monoisotopic (exact) mass is 461 g/mol. The van der Waals surface area contributed by atoms with Crippen LogP contribution < -0.4 is 15.5 Å². The van der Waals surface area contributed by atoms with Crippen LogP contribution in [0.5, 0.6) is 0 Å². The Labute approximate surface area is 190 Å². The van der Waals surface area contributed by atoms with E-state index in [0.29, 0.717) is 13.2 Å². The molecule has 6 nitrogen and oxygen atoms in total. The third kappa shape index (κ3) is 5.47. The van der Waals surface area contributed by atoms with E-state index in [1.807, 2.05) is 59.9 Å². The summed E-state index contributed by atoms with van der Waals surface area (Å²) >= 11 is 0. The van der Waals surface area contributed by atoms with Crippen LogP contribution in [0.25, 0.3) is 0 Å². The normalized spacial score (nSPS) is 22.4. The van der Waals surface area contributed by atoms with Crippen LogP contribution in [-0.2, 0) is 14.3 Å². The van der Waals surface area contributed by atoms with E-state index in [4.69, 9.17) is 4.74 Å². The number of amides is 2. The van der Waals surface area contributed by atoms with Crippen molar-refractivity contribution in [1.29, 1.82) is 0 Å². The Morgan fingerprint density at radius 3 is 2.24 bits per heavy atom. The van der Waals surface area contributed by atoms with E-state index in [9.17, 15) is 22.8 Å². The van der Waals surface area contributed by atoms with E-state index < -0.39 is 36.0 Å². The van der Waals surface area contributed by atoms with Gasteiger partial charge in [0.15, 0.2) is 0 Å². The van der Waals surface area contributed by atoms with E-state index in [2.05, 4.69) is 10.2 Å². The maximum absolute atomic E-state index is 13.0. The second-order valence-corrected chi connectivity index (χ2v) is 8.28. The first kappa shape index (κ1) is 23.1. The molecule has 4 rings (SSSR count). The minimum Gasteiger partial charge on any atom is -0.378 e. The Kier molecular flexibility index (Phi) is 6.88. The molecule has 0 aromatic heterocycles. The van der Waals surface area contributed by atoms with Crippen molar-refractivity contribution in [2.75, 3.05) is 31.2 Å². The zero-order chi connectivity index (χ0) is 23.4. The average molecular weight is 461 g/mol. The molecule has 0 bridgehead atoms. The molecule has 33 heavy (non-hydrogen) atoms. The number of benzene rings is 2. The summed E-state index contributed by atoms with van der Waals surface area (Å²) < 4.78 is 44.2. The Balaban J connectivity index is 1.51. The minimum atomic E-state index is -4.52. The summed E-state index contributed by atoms with van der Waals surface area (Å²) in [5, 5.41) is 4.83.